The van der Waals surface area contributed by atoms with Crippen LogP contribution in [0, 0.1) is 0 Å². The molecule has 1 aromatic heterocycles. The molecule has 0 aliphatic carbocycles. The Kier molecular flexibility index (Phi) is 4.48. The van der Waals surface area contributed by atoms with Crippen molar-refractivity contribution in [1.82, 2.24) is 25.5 Å². The molecule has 0 fully saturated rings. The zero-order valence-corrected chi connectivity index (χ0v) is 13.5. The number of para-hydroxylation sites is 1. The maximum absolute atomic E-state index is 4.29. The Hall–Kier alpha value is -2.53. The van der Waals surface area contributed by atoms with Gasteiger partial charge in [-0.15, -0.1) is 5.10 Å². The van der Waals surface area contributed by atoms with Gasteiger partial charge >= 0.3 is 0 Å². The lowest BCUT2D eigenvalue weighted by Gasteiger charge is -2.28. The van der Waals surface area contributed by atoms with Crippen LogP contribution in [0.5, 0.6) is 0 Å². The normalized spacial score (nSPS) is 13.7. The van der Waals surface area contributed by atoms with E-state index in [0.29, 0.717) is 0 Å². The average molecular weight is 307 g/mol. The molecule has 1 atom stereocenters. The molecule has 0 aliphatic rings. The second-order valence-corrected chi connectivity index (χ2v) is 5.77. The van der Waals surface area contributed by atoms with Gasteiger partial charge in [0.05, 0.1) is 11.2 Å². The first kappa shape index (κ1) is 15.4. The molecule has 0 bridgehead atoms. The average Bonchev–Trinajstić information content (AvgIpc) is 3.12. The van der Waals surface area contributed by atoms with Crippen LogP contribution in [0.2, 0.25) is 0 Å². The van der Waals surface area contributed by atoms with Crippen molar-refractivity contribution in [2.75, 3.05) is 0 Å². The fourth-order valence-electron chi connectivity index (χ4n) is 2.53. The first-order valence-corrected chi connectivity index (χ1v) is 7.86. The van der Waals surface area contributed by atoms with E-state index in [1.54, 1.807) is 0 Å². The molecule has 0 aliphatic heterocycles. The lowest BCUT2D eigenvalue weighted by Crippen LogP contribution is -2.41. The van der Waals surface area contributed by atoms with Crippen LogP contribution in [0.15, 0.2) is 60.7 Å². The van der Waals surface area contributed by atoms with Crippen molar-refractivity contribution >= 4 is 0 Å². The minimum absolute atomic E-state index is 0.310. The second kappa shape index (κ2) is 6.71. The highest BCUT2D eigenvalue weighted by Gasteiger charge is 2.30. The van der Waals surface area contributed by atoms with Crippen LogP contribution in [0.1, 0.15) is 31.7 Å². The number of nitrogens with one attached hydrogen (secondary N) is 1. The Morgan fingerprint density at radius 2 is 1.65 bits per heavy atom. The first-order valence-electron chi connectivity index (χ1n) is 7.86. The number of hydrogen-bond acceptors (Lipinski definition) is 4. The molecule has 0 radical (unpaired) electrons. The van der Waals surface area contributed by atoms with Crippen LogP contribution in [-0.2, 0) is 12.1 Å². The van der Waals surface area contributed by atoms with Gasteiger partial charge in [0.1, 0.15) is 0 Å². The molecule has 0 saturated heterocycles. The molecule has 23 heavy (non-hydrogen) atoms. The van der Waals surface area contributed by atoms with Crippen LogP contribution in [0.3, 0.4) is 0 Å². The van der Waals surface area contributed by atoms with E-state index in [9.17, 15) is 0 Å². The smallest absolute Gasteiger partial charge is 0.176 e. The van der Waals surface area contributed by atoms with E-state index in [1.807, 2.05) is 53.2 Å². The summed E-state index contributed by atoms with van der Waals surface area (Å²) in [6, 6.07) is 20.3. The minimum Gasteiger partial charge on any atom is -0.301 e. The molecule has 1 unspecified atom stereocenters. The Labute approximate surface area is 136 Å². The van der Waals surface area contributed by atoms with E-state index in [-0.39, 0.29) is 5.54 Å². The Morgan fingerprint density at radius 3 is 2.30 bits per heavy atom. The summed E-state index contributed by atoms with van der Waals surface area (Å²) in [6.07, 6.45) is 0.882. The molecule has 5 heteroatoms. The maximum Gasteiger partial charge on any atom is 0.176 e. The summed E-state index contributed by atoms with van der Waals surface area (Å²) in [7, 11) is 0. The summed E-state index contributed by atoms with van der Waals surface area (Å²) < 4.78 is 1.81. The van der Waals surface area contributed by atoms with Gasteiger partial charge in [0.15, 0.2) is 5.82 Å². The maximum atomic E-state index is 4.29. The van der Waals surface area contributed by atoms with Crippen molar-refractivity contribution in [3.05, 3.63) is 72.1 Å². The van der Waals surface area contributed by atoms with Gasteiger partial charge in [-0.25, -0.2) is 0 Å². The lowest BCUT2D eigenvalue weighted by molar-refractivity contribution is 0.324. The second-order valence-electron chi connectivity index (χ2n) is 5.77. The number of rotatable bonds is 6. The molecular formula is C18H21N5. The first-order chi connectivity index (χ1) is 11.2. The highest BCUT2D eigenvalue weighted by Crippen LogP contribution is 2.24. The van der Waals surface area contributed by atoms with Gasteiger partial charge in [-0.05, 0) is 41.5 Å². The molecule has 0 spiro atoms. The third kappa shape index (κ3) is 3.29. The number of nitrogens with zero attached hydrogens (tertiary/aromatic N) is 4. The van der Waals surface area contributed by atoms with E-state index in [0.717, 1.165) is 24.5 Å². The molecule has 1 heterocycles. The third-order valence-electron chi connectivity index (χ3n) is 4.20. The summed E-state index contributed by atoms with van der Waals surface area (Å²) in [6.45, 7) is 5.05. The van der Waals surface area contributed by atoms with Crippen molar-refractivity contribution in [1.29, 1.82) is 0 Å². The summed E-state index contributed by atoms with van der Waals surface area (Å²) in [4.78, 5) is 0. The monoisotopic (exact) mass is 307 g/mol. The van der Waals surface area contributed by atoms with Crippen molar-refractivity contribution < 1.29 is 0 Å². The molecule has 3 rings (SSSR count). The third-order valence-corrected chi connectivity index (χ3v) is 4.20. The quantitative estimate of drug-likeness (QED) is 0.760. The predicted octanol–water partition coefficient (Wildman–Crippen LogP) is 3.08. The van der Waals surface area contributed by atoms with Crippen LogP contribution < -0.4 is 5.32 Å². The lowest BCUT2D eigenvalue weighted by atomic mass is 9.97. The molecular weight excluding hydrogens is 286 g/mol. The minimum atomic E-state index is -0.310. The predicted molar refractivity (Wildman–Crippen MR) is 90.1 cm³/mol. The van der Waals surface area contributed by atoms with Crippen LogP contribution in [-0.4, -0.2) is 20.2 Å². The largest absolute Gasteiger partial charge is 0.301 e. The van der Waals surface area contributed by atoms with Crippen LogP contribution in [0.4, 0.5) is 0 Å². The zero-order chi connectivity index (χ0) is 16.1. The molecule has 0 amide bonds. The van der Waals surface area contributed by atoms with Crippen molar-refractivity contribution in [2.45, 2.75) is 32.4 Å². The molecule has 118 valence electrons. The van der Waals surface area contributed by atoms with Gasteiger partial charge in [-0.1, -0.05) is 55.5 Å². The van der Waals surface area contributed by atoms with E-state index in [1.165, 1.54) is 5.56 Å². The van der Waals surface area contributed by atoms with Crippen LogP contribution >= 0.6 is 0 Å². The Bertz CT molecular complexity index is 738. The van der Waals surface area contributed by atoms with Gasteiger partial charge in [0.25, 0.3) is 0 Å². The van der Waals surface area contributed by atoms with Gasteiger partial charge < -0.3 is 5.32 Å². The summed E-state index contributed by atoms with van der Waals surface area (Å²) in [5.41, 5.74) is 1.90. The topological polar surface area (TPSA) is 55.6 Å². The summed E-state index contributed by atoms with van der Waals surface area (Å²) in [5.74, 6) is 0.821. The van der Waals surface area contributed by atoms with Gasteiger partial charge in [-0.3, -0.25) is 0 Å². The Balaban J connectivity index is 1.87. The van der Waals surface area contributed by atoms with Crippen molar-refractivity contribution in [2.24, 2.45) is 0 Å². The molecule has 3 aromatic rings. The molecule has 2 aromatic carbocycles. The number of aromatic nitrogens is 4. The highest BCUT2D eigenvalue weighted by molar-refractivity contribution is 5.31. The van der Waals surface area contributed by atoms with Gasteiger partial charge in [0.2, 0.25) is 0 Å². The number of benzene rings is 2. The van der Waals surface area contributed by atoms with Gasteiger partial charge in [0, 0.05) is 6.54 Å². The fraction of sp³-hybridized carbons (Fsp3) is 0.278. The number of tetrazole rings is 1. The van der Waals surface area contributed by atoms with E-state index in [4.69, 9.17) is 0 Å². The standard InChI is InChI=1S/C18H21N5/c1-3-18(2,19-14-15-10-6-4-7-11-15)17-20-21-22-23(17)16-12-8-5-9-13-16/h4-13,19H,3,14H2,1-2H3. The molecule has 1 N–H and O–H groups in total. The van der Waals surface area contributed by atoms with E-state index < -0.39 is 0 Å². The number of hydrogen-bond donors (Lipinski definition) is 1. The van der Waals surface area contributed by atoms with E-state index in [2.05, 4.69) is 46.8 Å². The van der Waals surface area contributed by atoms with Crippen molar-refractivity contribution in [3.8, 4) is 5.69 Å². The van der Waals surface area contributed by atoms with Crippen LogP contribution in [0.25, 0.3) is 5.69 Å². The molecule has 0 saturated carbocycles. The SMILES string of the molecule is CCC(C)(NCc1ccccc1)c1nnnn1-c1ccccc1. The molecule has 5 nitrogen and oxygen atoms in total. The van der Waals surface area contributed by atoms with Gasteiger partial charge in [-0.2, -0.15) is 4.68 Å². The Morgan fingerprint density at radius 1 is 1.00 bits per heavy atom. The summed E-state index contributed by atoms with van der Waals surface area (Å²) in [5, 5.41) is 16.0. The van der Waals surface area contributed by atoms with E-state index >= 15 is 0 Å². The summed E-state index contributed by atoms with van der Waals surface area (Å²) >= 11 is 0. The fourth-order valence-corrected chi connectivity index (χ4v) is 2.53. The zero-order valence-electron chi connectivity index (χ0n) is 13.5. The highest BCUT2D eigenvalue weighted by atomic mass is 15.6. The van der Waals surface area contributed by atoms with Crippen molar-refractivity contribution in [3.63, 3.8) is 0 Å².